The van der Waals surface area contributed by atoms with E-state index in [0.717, 1.165) is 5.33 Å². The zero-order chi connectivity index (χ0) is 6.62. The second-order valence-electron chi connectivity index (χ2n) is 1.99. The summed E-state index contributed by atoms with van der Waals surface area (Å²) in [6.07, 6.45) is 2.38. The van der Waals surface area contributed by atoms with Crippen molar-refractivity contribution in [3.8, 4) is 0 Å². The first kappa shape index (κ1) is 8.96. The zero-order valence-corrected chi connectivity index (χ0v) is 8.55. The number of halogens is 2. The van der Waals surface area contributed by atoms with E-state index in [2.05, 4.69) is 45.7 Å². The molecule has 8 heavy (non-hydrogen) atoms. The van der Waals surface area contributed by atoms with Gasteiger partial charge in [0.2, 0.25) is 0 Å². The summed E-state index contributed by atoms with van der Waals surface area (Å²) in [5, 5.41) is 1.05. The van der Waals surface area contributed by atoms with Gasteiger partial charge in [0.15, 0.2) is 0 Å². The van der Waals surface area contributed by atoms with Gasteiger partial charge in [-0.25, -0.2) is 0 Å². The topological polar surface area (TPSA) is 0 Å². The van der Waals surface area contributed by atoms with Crippen molar-refractivity contribution < 1.29 is 0 Å². The molecule has 2 heteroatoms. The van der Waals surface area contributed by atoms with Gasteiger partial charge in [-0.3, -0.25) is 0 Å². The van der Waals surface area contributed by atoms with E-state index in [1.165, 1.54) is 12.8 Å². The summed E-state index contributed by atoms with van der Waals surface area (Å²) in [5.74, 6) is 0. The highest BCUT2D eigenvalue weighted by Crippen LogP contribution is 2.27. The lowest BCUT2D eigenvalue weighted by atomic mass is 10.1. The number of hydrogen-bond acceptors (Lipinski definition) is 0. The van der Waals surface area contributed by atoms with Gasteiger partial charge in [0.05, 0.1) is 0 Å². The maximum absolute atomic E-state index is 3.64. The van der Waals surface area contributed by atoms with Crippen LogP contribution in [0.2, 0.25) is 0 Å². The lowest BCUT2D eigenvalue weighted by Crippen LogP contribution is -2.19. The third-order valence-corrected chi connectivity index (χ3v) is 4.73. The molecule has 0 heterocycles. The van der Waals surface area contributed by atoms with Crippen molar-refractivity contribution in [2.75, 3.05) is 5.33 Å². The van der Waals surface area contributed by atoms with Gasteiger partial charge in [0.25, 0.3) is 0 Å². The van der Waals surface area contributed by atoms with E-state index in [1.807, 2.05) is 0 Å². The highest BCUT2D eigenvalue weighted by atomic mass is 79.9. The molecule has 0 aliphatic carbocycles. The highest BCUT2D eigenvalue weighted by molar-refractivity contribution is 9.12. The minimum Gasteiger partial charge on any atom is -0.0913 e. The molecule has 0 aliphatic heterocycles. The van der Waals surface area contributed by atoms with Gasteiger partial charge in [-0.05, 0) is 12.8 Å². The first-order valence-electron chi connectivity index (χ1n) is 2.93. The molecule has 0 aromatic rings. The Morgan fingerprint density at radius 1 is 1.25 bits per heavy atom. The Balaban J connectivity index is 3.58. The van der Waals surface area contributed by atoms with Crippen molar-refractivity contribution in [3.63, 3.8) is 0 Å². The van der Waals surface area contributed by atoms with Crippen LogP contribution in [0.15, 0.2) is 0 Å². The standard InChI is InChI=1S/C6H12Br2/c1-3-6(8,4-2)5-7/h3-5H2,1-2H3. The number of rotatable bonds is 3. The van der Waals surface area contributed by atoms with Crippen LogP contribution in [0.25, 0.3) is 0 Å². The average Bonchev–Trinajstić information content (AvgIpc) is 1.87. The Kier molecular flexibility index (Phi) is 4.35. The highest BCUT2D eigenvalue weighted by Gasteiger charge is 2.19. The Hall–Kier alpha value is 0.960. The molecule has 0 atom stereocenters. The van der Waals surface area contributed by atoms with E-state index >= 15 is 0 Å². The van der Waals surface area contributed by atoms with Crippen LogP contribution in [-0.4, -0.2) is 9.65 Å². The summed E-state index contributed by atoms with van der Waals surface area (Å²) in [7, 11) is 0. The van der Waals surface area contributed by atoms with Crippen molar-refractivity contribution in [2.45, 2.75) is 31.0 Å². The van der Waals surface area contributed by atoms with E-state index in [1.54, 1.807) is 0 Å². The first-order chi connectivity index (χ1) is 3.68. The van der Waals surface area contributed by atoms with Crippen molar-refractivity contribution in [2.24, 2.45) is 0 Å². The fourth-order valence-corrected chi connectivity index (χ4v) is 1.23. The third-order valence-electron chi connectivity index (χ3n) is 1.51. The molecule has 0 aliphatic rings. The normalized spacial score (nSPS) is 12.0. The predicted molar refractivity (Wildman–Crippen MR) is 46.0 cm³/mol. The molecule has 0 unspecified atom stereocenters. The van der Waals surface area contributed by atoms with Gasteiger partial charge in [0.1, 0.15) is 0 Å². The zero-order valence-electron chi connectivity index (χ0n) is 5.38. The van der Waals surface area contributed by atoms with Gasteiger partial charge in [-0.2, -0.15) is 0 Å². The van der Waals surface area contributed by atoms with Crippen LogP contribution in [0.1, 0.15) is 26.7 Å². The first-order valence-corrected chi connectivity index (χ1v) is 4.85. The van der Waals surface area contributed by atoms with Crippen LogP contribution >= 0.6 is 31.9 Å². The second-order valence-corrected chi connectivity index (χ2v) is 4.23. The van der Waals surface area contributed by atoms with E-state index in [4.69, 9.17) is 0 Å². The van der Waals surface area contributed by atoms with Gasteiger partial charge >= 0.3 is 0 Å². The Morgan fingerprint density at radius 2 is 1.62 bits per heavy atom. The molecule has 0 saturated heterocycles. The smallest absolute Gasteiger partial charge is 0.0349 e. The summed E-state index contributed by atoms with van der Waals surface area (Å²) in [6.45, 7) is 4.39. The van der Waals surface area contributed by atoms with Crippen molar-refractivity contribution in [1.29, 1.82) is 0 Å². The van der Waals surface area contributed by atoms with E-state index in [-0.39, 0.29) is 0 Å². The third kappa shape index (κ3) is 2.49. The van der Waals surface area contributed by atoms with Gasteiger partial charge in [-0.1, -0.05) is 45.7 Å². The van der Waals surface area contributed by atoms with Gasteiger partial charge < -0.3 is 0 Å². The number of alkyl halides is 2. The maximum atomic E-state index is 3.64. The Labute approximate surface area is 68.3 Å². The SMILES string of the molecule is CCC(Br)(CC)CBr. The fourth-order valence-electron chi connectivity index (χ4n) is 0.439. The van der Waals surface area contributed by atoms with Gasteiger partial charge in [-0.15, -0.1) is 0 Å². The minimum atomic E-state index is 0.354. The van der Waals surface area contributed by atoms with Crippen molar-refractivity contribution >= 4 is 31.9 Å². The van der Waals surface area contributed by atoms with Crippen LogP contribution in [0.5, 0.6) is 0 Å². The summed E-state index contributed by atoms with van der Waals surface area (Å²) < 4.78 is 0.354. The molecule has 0 nitrogen and oxygen atoms in total. The lowest BCUT2D eigenvalue weighted by Gasteiger charge is -2.20. The molecule has 0 fully saturated rings. The van der Waals surface area contributed by atoms with Crippen LogP contribution in [0, 0.1) is 0 Å². The quantitative estimate of drug-likeness (QED) is 0.668. The largest absolute Gasteiger partial charge is 0.0913 e. The number of hydrogen-bond donors (Lipinski definition) is 0. The van der Waals surface area contributed by atoms with E-state index in [0.29, 0.717) is 4.32 Å². The molecule has 0 aromatic heterocycles. The molecular formula is C6H12Br2. The van der Waals surface area contributed by atoms with Crippen LogP contribution in [-0.2, 0) is 0 Å². The van der Waals surface area contributed by atoms with E-state index < -0.39 is 0 Å². The Morgan fingerprint density at radius 3 is 1.62 bits per heavy atom. The predicted octanol–water partition coefficient (Wildman–Crippen LogP) is 3.34. The van der Waals surface area contributed by atoms with Crippen molar-refractivity contribution in [1.82, 2.24) is 0 Å². The molecule has 0 radical (unpaired) electrons. The van der Waals surface area contributed by atoms with Crippen LogP contribution < -0.4 is 0 Å². The molecule has 0 amide bonds. The van der Waals surface area contributed by atoms with Gasteiger partial charge in [0, 0.05) is 9.65 Å². The molecular weight excluding hydrogens is 232 g/mol. The minimum absolute atomic E-state index is 0.354. The molecule has 50 valence electrons. The molecule has 0 rings (SSSR count). The molecule has 0 N–H and O–H groups in total. The maximum Gasteiger partial charge on any atom is 0.0349 e. The van der Waals surface area contributed by atoms with Crippen LogP contribution in [0.3, 0.4) is 0 Å². The molecule has 0 bridgehead atoms. The molecule has 0 saturated carbocycles. The fraction of sp³-hybridized carbons (Fsp3) is 1.00. The average molecular weight is 244 g/mol. The monoisotopic (exact) mass is 242 g/mol. The van der Waals surface area contributed by atoms with Crippen molar-refractivity contribution in [3.05, 3.63) is 0 Å². The van der Waals surface area contributed by atoms with E-state index in [9.17, 15) is 0 Å². The molecule has 0 spiro atoms. The molecule has 0 aromatic carbocycles. The van der Waals surface area contributed by atoms with Crippen LogP contribution in [0.4, 0.5) is 0 Å². The summed E-state index contributed by atoms with van der Waals surface area (Å²) in [6, 6.07) is 0. The summed E-state index contributed by atoms with van der Waals surface area (Å²) >= 11 is 7.08. The second kappa shape index (κ2) is 3.89. The lowest BCUT2D eigenvalue weighted by molar-refractivity contribution is 0.626. The summed E-state index contributed by atoms with van der Waals surface area (Å²) in [4.78, 5) is 0. The Bertz CT molecular complexity index is 49.3. The summed E-state index contributed by atoms with van der Waals surface area (Å²) in [5.41, 5.74) is 0.